The third kappa shape index (κ3) is 2.87. The van der Waals surface area contributed by atoms with E-state index in [1.54, 1.807) is 5.56 Å². The van der Waals surface area contributed by atoms with Crippen molar-refractivity contribution >= 4 is 0 Å². The largest absolute Gasteiger partial charge is 0.0654 e. The molecule has 0 spiro atoms. The highest BCUT2D eigenvalue weighted by atomic mass is 14.3. The summed E-state index contributed by atoms with van der Waals surface area (Å²) in [6.07, 6.45) is 8.53. The first-order valence-corrected chi connectivity index (χ1v) is 6.86. The first-order chi connectivity index (χ1) is 7.79. The number of benzene rings is 1. The minimum absolute atomic E-state index is 0. The van der Waals surface area contributed by atoms with E-state index in [9.17, 15) is 0 Å². The molecule has 1 saturated carbocycles. The Morgan fingerprint density at radius 2 is 1.69 bits per heavy atom. The Morgan fingerprint density at radius 1 is 1.06 bits per heavy atom. The van der Waals surface area contributed by atoms with Gasteiger partial charge in [-0.25, -0.2) is 0 Å². The van der Waals surface area contributed by atoms with Gasteiger partial charge >= 0.3 is 0 Å². The predicted octanol–water partition coefficient (Wildman–Crippen LogP) is 5.31. The smallest absolute Gasteiger partial charge is 0 e. The summed E-state index contributed by atoms with van der Waals surface area (Å²) in [6.45, 7) is 4.48. The molecule has 0 radical (unpaired) electrons. The molecule has 1 aliphatic rings. The predicted molar refractivity (Wildman–Crippen MR) is 72.9 cm³/mol. The number of hydrogen-bond donors (Lipinski definition) is 0. The Balaban J connectivity index is 0.00000144. The van der Waals surface area contributed by atoms with Crippen molar-refractivity contribution in [1.29, 1.82) is 0 Å². The molecule has 0 heterocycles. The molecule has 16 heavy (non-hydrogen) atoms. The minimum atomic E-state index is 0. The van der Waals surface area contributed by atoms with Crippen molar-refractivity contribution < 1.29 is 1.43 Å². The van der Waals surface area contributed by atoms with Crippen LogP contribution in [0.3, 0.4) is 0 Å². The summed E-state index contributed by atoms with van der Waals surface area (Å²) in [4.78, 5) is 0. The molecule has 0 N–H and O–H groups in total. The van der Waals surface area contributed by atoms with E-state index in [2.05, 4.69) is 38.1 Å². The lowest BCUT2D eigenvalue weighted by molar-refractivity contribution is 0.308. The average molecular weight is 218 g/mol. The summed E-state index contributed by atoms with van der Waals surface area (Å²) in [5.74, 6) is 1.86. The van der Waals surface area contributed by atoms with Gasteiger partial charge in [0, 0.05) is 1.43 Å². The SMILES string of the molecule is CCCC1CCC(c2ccc(C)cc2)CC1.[HH]. The maximum Gasteiger partial charge on any atom is 0 e. The van der Waals surface area contributed by atoms with Crippen LogP contribution in [0, 0.1) is 12.8 Å². The molecule has 0 amide bonds. The summed E-state index contributed by atoms with van der Waals surface area (Å²) in [5.41, 5.74) is 2.95. The fraction of sp³-hybridized carbons (Fsp3) is 0.625. The van der Waals surface area contributed by atoms with E-state index in [1.807, 2.05) is 0 Å². The molecule has 0 heteroatoms. The molecule has 0 nitrogen and oxygen atoms in total. The van der Waals surface area contributed by atoms with Crippen LogP contribution >= 0.6 is 0 Å². The fourth-order valence-electron chi connectivity index (χ4n) is 3.03. The highest BCUT2D eigenvalue weighted by Gasteiger charge is 2.21. The minimum Gasteiger partial charge on any atom is -0.0654 e. The van der Waals surface area contributed by atoms with E-state index >= 15 is 0 Å². The molecule has 1 aliphatic carbocycles. The molecule has 1 aromatic carbocycles. The maximum atomic E-state index is 2.33. The third-order valence-electron chi connectivity index (χ3n) is 4.09. The molecule has 0 atom stereocenters. The first-order valence-electron chi connectivity index (χ1n) is 6.86. The van der Waals surface area contributed by atoms with Gasteiger partial charge in [0.1, 0.15) is 0 Å². The lowest BCUT2D eigenvalue weighted by Gasteiger charge is -2.28. The Morgan fingerprint density at radius 3 is 2.25 bits per heavy atom. The topological polar surface area (TPSA) is 0 Å². The third-order valence-corrected chi connectivity index (χ3v) is 4.09. The van der Waals surface area contributed by atoms with E-state index in [-0.39, 0.29) is 1.43 Å². The summed E-state index contributed by atoms with van der Waals surface area (Å²) in [5, 5.41) is 0. The van der Waals surface area contributed by atoms with Crippen LogP contribution in [-0.2, 0) is 0 Å². The molecule has 1 fully saturated rings. The summed E-state index contributed by atoms with van der Waals surface area (Å²) >= 11 is 0. The van der Waals surface area contributed by atoms with Crippen LogP contribution in [-0.4, -0.2) is 0 Å². The highest BCUT2D eigenvalue weighted by Crippen LogP contribution is 2.37. The second-order valence-corrected chi connectivity index (χ2v) is 5.42. The van der Waals surface area contributed by atoms with Crippen LogP contribution in [0.1, 0.15) is 63.9 Å². The molecule has 0 bridgehead atoms. The van der Waals surface area contributed by atoms with Gasteiger partial charge in [0.25, 0.3) is 0 Å². The van der Waals surface area contributed by atoms with Gasteiger partial charge in [0.2, 0.25) is 0 Å². The van der Waals surface area contributed by atoms with Crippen molar-refractivity contribution in [2.45, 2.75) is 58.3 Å². The van der Waals surface area contributed by atoms with Crippen molar-refractivity contribution in [2.24, 2.45) is 5.92 Å². The fourth-order valence-corrected chi connectivity index (χ4v) is 3.03. The first kappa shape index (κ1) is 11.7. The van der Waals surface area contributed by atoms with E-state index < -0.39 is 0 Å². The van der Waals surface area contributed by atoms with Crippen molar-refractivity contribution in [3.63, 3.8) is 0 Å². The van der Waals surface area contributed by atoms with Crippen LogP contribution < -0.4 is 0 Å². The molecule has 2 rings (SSSR count). The van der Waals surface area contributed by atoms with E-state index in [0.29, 0.717) is 0 Å². The Bertz CT molecular complexity index is 307. The standard InChI is InChI=1S/C16H24.H2/c1-3-4-14-7-11-16(12-8-14)15-9-5-13(2)6-10-15;/h5-6,9-10,14,16H,3-4,7-8,11-12H2,1-2H3;1H. The van der Waals surface area contributed by atoms with Gasteiger partial charge in [-0.05, 0) is 50.0 Å². The van der Waals surface area contributed by atoms with Crippen molar-refractivity contribution in [3.8, 4) is 0 Å². The zero-order valence-electron chi connectivity index (χ0n) is 10.7. The van der Waals surface area contributed by atoms with Crippen molar-refractivity contribution in [1.82, 2.24) is 0 Å². The number of rotatable bonds is 3. The second kappa shape index (κ2) is 5.52. The molecule has 0 aromatic heterocycles. The van der Waals surface area contributed by atoms with Gasteiger partial charge in [0.05, 0.1) is 0 Å². The van der Waals surface area contributed by atoms with Gasteiger partial charge < -0.3 is 0 Å². The molecular weight excluding hydrogens is 192 g/mol. The lowest BCUT2D eigenvalue weighted by Crippen LogP contribution is -2.13. The van der Waals surface area contributed by atoms with E-state index in [1.165, 1.54) is 44.1 Å². The van der Waals surface area contributed by atoms with Gasteiger partial charge in [0.15, 0.2) is 0 Å². The van der Waals surface area contributed by atoms with E-state index in [0.717, 1.165) is 11.8 Å². The van der Waals surface area contributed by atoms with Gasteiger partial charge in [-0.3, -0.25) is 0 Å². The quantitative estimate of drug-likeness (QED) is 0.644. The molecule has 0 unspecified atom stereocenters. The molecule has 90 valence electrons. The molecular formula is C16H26. The molecule has 0 aliphatic heterocycles. The highest BCUT2D eigenvalue weighted by molar-refractivity contribution is 5.24. The summed E-state index contributed by atoms with van der Waals surface area (Å²) in [6, 6.07) is 9.18. The number of aryl methyl sites for hydroxylation is 1. The zero-order valence-corrected chi connectivity index (χ0v) is 10.7. The Hall–Kier alpha value is -0.780. The van der Waals surface area contributed by atoms with Crippen LogP contribution in [0.2, 0.25) is 0 Å². The summed E-state index contributed by atoms with van der Waals surface area (Å²) < 4.78 is 0. The van der Waals surface area contributed by atoms with Crippen LogP contribution in [0.15, 0.2) is 24.3 Å². The monoisotopic (exact) mass is 218 g/mol. The normalized spacial score (nSPS) is 25.6. The molecule has 0 saturated heterocycles. The van der Waals surface area contributed by atoms with Crippen LogP contribution in [0.5, 0.6) is 0 Å². The van der Waals surface area contributed by atoms with Gasteiger partial charge in [-0.15, -0.1) is 0 Å². The van der Waals surface area contributed by atoms with Gasteiger partial charge in [-0.2, -0.15) is 0 Å². The Labute approximate surface area is 102 Å². The second-order valence-electron chi connectivity index (χ2n) is 5.42. The Kier molecular flexibility index (Phi) is 4.04. The van der Waals surface area contributed by atoms with E-state index in [4.69, 9.17) is 0 Å². The zero-order chi connectivity index (χ0) is 11.4. The van der Waals surface area contributed by atoms with Crippen molar-refractivity contribution in [3.05, 3.63) is 35.4 Å². The number of hydrogen-bond acceptors (Lipinski definition) is 0. The van der Waals surface area contributed by atoms with Crippen LogP contribution in [0.4, 0.5) is 0 Å². The maximum absolute atomic E-state index is 2.33. The van der Waals surface area contributed by atoms with Crippen molar-refractivity contribution in [2.75, 3.05) is 0 Å². The summed E-state index contributed by atoms with van der Waals surface area (Å²) in [7, 11) is 0. The van der Waals surface area contributed by atoms with Crippen LogP contribution in [0.25, 0.3) is 0 Å². The average Bonchev–Trinajstić information content (AvgIpc) is 2.32. The van der Waals surface area contributed by atoms with Gasteiger partial charge in [-0.1, -0.05) is 49.6 Å². The lowest BCUT2D eigenvalue weighted by atomic mass is 9.77. The molecule has 1 aromatic rings.